The molecule has 0 aromatic carbocycles. The first-order valence-electron chi connectivity index (χ1n) is 5.47. The van der Waals surface area contributed by atoms with Crippen LogP contribution in [0.4, 0.5) is 0 Å². The Balaban J connectivity index is 2.56. The van der Waals surface area contributed by atoms with Gasteiger partial charge < -0.3 is 5.73 Å². The molecule has 0 spiro atoms. The number of nitrogens with zero attached hydrogens (tertiary/aromatic N) is 3. The molecule has 0 aliphatic heterocycles. The molecule has 0 aliphatic rings. The van der Waals surface area contributed by atoms with Crippen molar-refractivity contribution in [2.45, 2.75) is 20.3 Å². The first-order chi connectivity index (χ1) is 8.11. The van der Waals surface area contributed by atoms with Crippen LogP contribution in [0.3, 0.4) is 0 Å². The smallest absolute Gasteiger partial charge is 0.139 e. The topological polar surface area (TPSA) is 80.6 Å². The van der Waals surface area contributed by atoms with Gasteiger partial charge in [-0.1, -0.05) is 6.92 Å². The Labute approximate surface area is 99.8 Å². The Kier molecular flexibility index (Phi) is 2.91. The largest absolute Gasteiger partial charge is 0.384 e. The Morgan fingerprint density at radius 3 is 2.88 bits per heavy atom. The van der Waals surface area contributed by atoms with E-state index < -0.39 is 0 Å². The molecule has 5 nitrogen and oxygen atoms in total. The molecule has 88 valence electrons. The highest BCUT2D eigenvalue weighted by atomic mass is 15.1. The maximum atomic E-state index is 7.48. The lowest BCUT2D eigenvalue weighted by Gasteiger charge is -2.08. The van der Waals surface area contributed by atoms with E-state index in [4.69, 9.17) is 11.1 Å². The van der Waals surface area contributed by atoms with Crippen LogP contribution < -0.4 is 5.73 Å². The predicted molar refractivity (Wildman–Crippen MR) is 66.5 cm³/mol. The molecular formula is C12H15N5. The minimum atomic E-state index is 0.0508. The number of amidine groups is 1. The standard InChI is InChI=1S/C12H15N5/c1-3-10-15-4-5-17(10)11-7-9(12(13)14)6-8(2)16-11/h4-7H,3H2,1-2H3,(H3,13,14). The van der Waals surface area contributed by atoms with Crippen molar-refractivity contribution in [3.63, 3.8) is 0 Å². The van der Waals surface area contributed by atoms with Gasteiger partial charge >= 0.3 is 0 Å². The third-order valence-corrected chi connectivity index (χ3v) is 2.53. The Hall–Kier alpha value is -2.17. The molecule has 0 radical (unpaired) electrons. The van der Waals surface area contributed by atoms with Crippen LogP contribution in [0, 0.1) is 12.3 Å². The average molecular weight is 229 g/mol. The van der Waals surface area contributed by atoms with E-state index in [9.17, 15) is 0 Å². The SMILES string of the molecule is CCc1nccn1-c1cc(C(=N)N)cc(C)n1. The molecule has 0 saturated carbocycles. The second-order valence-electron chi connectivity index (χ2n) is 3.84. The summed E-state index contributed by atoms with van der Waals surface area (Å²) in [5.41, 5.74) is 7.03. The van der Waals surface area contributed by atoms with E-state index in [0.29, 0.717) is 5.56 Å². The summed E-state index contributed by atoms with van der Waals surface area (Å²) in [7, 11) is 0. The van der Waals surface area contributed by atoms with Crippen molar-refractivity contribution < 1.29 is 0 Å². The van der Waals surface area contributed by atoms with Gasteiger partial charge in [0.25, 0.3) is 0 Å². The van der Waals surface area contributed by atoms with Gasteiger partial charge in [0.15, 0.2) is 0 Å². The van der Waals surface area contributed by atoms with Crippen LogP contribution >= 0.6 is 0 Å². The van der Waals surface area contributed by atoms with E-state index in [1.54, 1.807) is 18.3 Å². The van der Waals surface area contributed by atoms with E-state index in [2.05, 4.69) is 9.97 Å². The van der Waals surface area contributed by atoms with Gasteiger partial charge in [-0.3, -0.25) is 9.98 Å². The highest BCUT2D eigenvalue weighted by Gasteiger charge is 2.07. The first kappa shape index (κ1) is 11.3. The fraction of sp³-hybridized carbons (Fsp3) is 0.250. The van der Waals surface area contributed by atoms with Gasteiger partial charge in [0, 0.05) is 30.1 Å². The average Bonchev–Trinajstić information content (AvgIpc) is 2.76. The number of nitrogens with two attached hydrogens (primary N) is 1. The summed E-state index contributed by atoms with van der Waals surface area (Å²) in [5.74, 6) is 1.75. The lowest BCUT2D eigenvalue weighted by molar-refractivity contribution is 0.862. The van der Waals surface area contributed by atoms with Crippen molar-refractivity contribution >= 4 is 5.84 Å². The van der Waals surface area contributed by atoms with Crippen molar-refractivity contribution in [1.82, 2.24) is 14.5 Å². The van der Waals surface area contributed by atoms with Crippen LogP contribution in [0.1, 0.15) is 24.0 Å². The molecule has 0 amide bonds. The zero-order valence-electron chi connectivity index (χ0n) is 9.94. The molecule has 0 fully saturated rings. The lowest BCUT2D eigenvalue weighted by Crippen LogP contribution is -2.13. The van der Waals surface area contributed by atoms with E-state index in [1.165, 1.54) is 0 Å². The van der Waals surface area contributed by atoms with E-state index >= 15 is 0 Å². The summed E-state index contributed by atoms with van der Waals surface area (Å²) in [4.78, 5) is 8.69. The molecule has 2 aromatic rings. The van der Waals surface area contributed by atoms with Crippen molar-refractivity contribution in [2.24, 2.45) is 5.73 Å². The van der Waals surface area contributed by atoms with Gasteiger partial charge in [-0.25, -0.2) is 9.97 Å². The third kappa shape index (κ3) is 2.18. The minimum Gasteiger partial charge on any atom is -0.384 e. The summed E-state index contributed by atoms with van der Waals surface area (Å²) < 4.78 is 1.92. The zero-order chi connectivity index (χ0) is 12.4. The number of hydrogen-bond acceptors (Lipinski definition) is 3. The number of rotatable bonds is 3. The number of pyridine rings is 1. The fourth-order valence-corrected chi connectivity index (χ4v) is 1.73. The van der Waals surface area contributed by atoms with Crippen LogP contribution in [0.25, 0.3) is 5.82 Å². The molecule has 2 aromatic heterocycles. The monoisotopic (exact) mass is 229 g/mol. The molecule has 0 atom stereocenters. The van der Waals surface area contributed by atoms with Crippen molar-refractivity contribution in [3.05, 3.63) is 41.6 Å². The molecular weight excluding hydrogens is 214 g/mol. The maximum Gasteiger partial charge on any atom is 0.139 e. The summed E-state index contributed by atoms with van der Waals surface area (Å²) in [6.45, 7) is 3.93. The second-order valence-corrected chi connectivity index (χ2v) is 3.84. The van der Waals surface area contributed by atoms with Crippen LogP contribution in [0.5, 0.6) is 0 Å². The summed E-state index contributed by atoms with van der Waals surface area (Å²) in [5, 5.41) is 7.48. The Bertz CT molecular complexity index is 556. The number of nitrogen functional groups attached to an aromatic ring is 1. The summed E-state index contributed by atoms with van der Waals surface area (Å²) in [6, 6.07) is 3.60. The Morgan fingerprint density at radius 1 is 1.47 bits per heavy atom. The highest BCUT2D eigenvalue weighted by molar-refractivity contribution is 5.95. The highest BCUT2D eigenvalue weighted by Crippen LogP contribution is 2.12. The van der Waals surface area contributed by atoms with Crippen LogP contribution in [0.2, 0.25) is 0 Å². The Morgan fingerprint density at radius 2 is 2.24 bits per heavy atom. The molecule has 2 rings (SSSR count). The van der Waals surface area contributed by atoms with Crippen LogP contribution in [0.15, 0.2) is 24.5 Å². The van der Waals surface area contributed by atoms with Crippen molar-refractivity contribution in [3.8, 4) is 5.82 Å². The summed E-state index contributed by atoms with van der Waals surface area (Å²) >= 11 is 0. The number of aromatic nitrogens is 3. The molecule has 2 heterocycles. The van der Waals surface area contributed by atoms with Gasteiger partial charge in [0.1, 0.15) is 17.5 Å². The fourth-order valence-electron chi connectivity index (χ4n) is 1.73. The molecule has 0 aliphatic carbocycles. The number of hydrogen-bond donors (Lipinski definition) is 2. The van der Waals surface area contributed by atoms with Crippen molar-refractivity contribution in [2.75, 3.05) is 0 Å². The third-order valence-electron chi connectivity index (χ3n) is 2.53. The molecule has 0 bridgehead atoms. The molecule has 0 unspecified atom stereocenters. The molecule has 5 heteroatoms. The van der Waals surface area contributed by atoms with Gasteiger partial charge in [0.2, 0.25) is 0 Å². The number of imidazole rings is 1. The van der Waals surface area contributed by atoms with Gasteiger partial charge in [-0.05, 0) is 19.1 Å². The van der Waals surface area contributed by atoms with Crippen LogP contribution in [-0.2, 0) is 6.42 Å². The summed E-state index contributed by atoms with van der Waals surface area (Å²) in [6.07, 6.45) is 4.44. The van der Waals surface area contributed by atoms with Gasteiger partial charge in [-0.15, -0.1) is 0 Å². The second kappa shape index (κ2) is 4.37. The maximum absolute atomic E-state index is 7.48. The quantitative estimate of drug-likeness (QED) is 0.617. The van der Waals surface area contributed by atoms with E-state index in [1.807, 2.05) is 24.6 Å². The number of nitrogens with one attached hydrogen (secondary N) is 1. The van der Waals surface area contributed by atoms with E-state index in [0.717, 1.165) is 23.8 Å². The van der Waals surface area contributed by atoms with E-state index in [-0.39, 0.29) is 5.84 Å². The first-order valence-corrected chi connectivity index (χ1v) is 5.47. The van der Waals surface area contributed by atoms with Crippen molar-refractivity contribution in [1.29, 1.82) is 5.41 Å². The van der Waals surface area contributed by atoms with Gasteiger partial charge in [0.05, 0.1) is 0 Å². The van der Waals surface area contributed by atoms with Gasteiger partial charge in [-0.2, -0.15) is 0 Å². The molecule has 17 heavy (non-hydrogen) atoms. The zero-order valence-corrected chi connectivity index (χ0v) is 9.94. The van der Waals surface area contributed by atoms with Crippen LogP contribution in [-0.4, -0.2) is 20.4 Å². The predicted octanol–water partition coefficient (Wildman–Crippen LogP) is 1.42. The molecule has 0 saturated heterocycles. The lowest BCUT2D eigenvalue weighted by atomic mass is 10.2. The molecule has 3 N–H and O–H groups in total. The minimum absolute atomic E-state index is 0.0508. The normalized spacial score (nSPS) is 10.5. The number of aryl methyl sites for hydroxylation is 2.